The Kier molecular flexibility index (Phi) is 5.21. The van der Waals surface area contributed by atoms with Gasteiger partial charge in [0.1, 0.15) is 0 Å². The maximum Gasteiger partial charge on any atom is 0.0651 e. The zero-order chi connectivity index (χ0) is 17.8. The number of benzene rings is 2. The molecule has 1 aliphatic rings. The van der Waals surface area contributed by atoms with E-state index >= 15 is 0 Å². The highest BCUT2D eigenvalue weighted by Crippen LogP contribution is 2.29. The van der Waals surface area contributed by atoms with Gasteiger partial charge in [0.15, 0.2) is 0 Å². The lowest BCUT2D eigenvalue weighted by Gasteiger charge is -2.39. The summed E-state index contributed by atoms with van der Waals surface area (Å²) in [6.45, 7) is 4.58. The quantitative estimate of drug-likeness (QED) is 0.660. The van der Waals surface area contributed by atoms with E-state index in [-0.39, 0.29) is 0 Å². The van der Waals surface area contributed by atoms with Gasteiger partial charge in [0, 0.05) is 29.7 Å². The normalized spacial score (nSPS) is 19.5. The minimum absolute atomic E-state index is 0.496. The molecule has 4 heteroatoms. The molecule has 2 atom stereocenters. The molecule has 2 heterocycles. The molecule has 3 aromatic rings. The standard InChI is InChI=1S/C22H28N4/c1-2-7-22(17-8-4-3-5-9-17)26-13-6-10-20(16-26)24-19-11-12-21-18(14-19)15-23-25-21/h3-5,8-9,11-12,14-15,20,22,24H,2,6-7,10,13,16H2,1H3,(H,23,25). The molecule has 2 aromatic carbocycles. The summed E-state index contributed by atoms with van der Waals surface area (Å²) in [6.07, 6.45) is 6.80. The number of hydrogen-bond donors (Lipinski definition) is 2. The Bertz CT molecular complexity index is 826. The topological polar surface area (TPSA) is 44.0 Å². The highest BCUT2D eigenvalue weighted by Gasteiger charge is 2.26. The van der Waals surface area contributed by atoms with E-state index in [9.17, 15) is 0 Å². The number of nitrogens with zero attached hydrogens (tertiary/aromatic N) is 2. The van der Waals surface area contributed by atoms with Crippen LogP contribution in [-0.2, 0) is 0 Å². The highest BCUT2D eigenvalue weighted by atomic mass is 15.2. The second-order valence-electron chi connectivity index (χ2n) is 7.37. The summed E-state index contributed by atoms with van der Waals surface area (Å²) in [5.74, 6) is 0. The molecule has 4 nitrogen and oxygen atoms in total. The monoisotopic (exact) mass is 348 g/mol. The summed E-state index contributed by atoms with van der Waals surface area (Å²) < 4.78 is 0. The summed E-state index contributed by atoms with van der Waals surface area (Å²) in [5, 5.41) is 12.1. The minimum atomic E-state index is 0.496. The Morgan fingerprint density at radius 2 is 2.12 bits per heavy atom. The van der Waals surface area contributed by atoms with Crippen LogP contribution in [0.5, 0.6) is 0 Å². The fourth-order valence-electron chi connectivity index (χ4n) is 4.18. The van der Waals surface area contributed by atoms with E-state index in [1.807, 2.05) is 6.20 Å². The van der Waals surface area contributed by atoms with Crippen LogP contribution < -0.4 is 5.32 Å². The van der Waals surface area contributed by atoms with E-state index in [2.05, 4.69) is 75.9 Å². The smallest absolute Gasteiger partial charge is 0.0651 e. The van der Waals surface area contributed by atoms with Gasteiger partial charge in [0.25, 0.3) is 0 Å². The van der Waals surface area contributed by atoms with E-state index in [0.29, 0.717) is 12.1 Å². The fraction of sp³-hybridized carbons (Fsp3) is 0.409. The van der Waals surface area contributed by atoms with Crippen LogP contribution in [0.4, 0.5) is 5.69 Å². The molecular formula is C22H28N4. The van der Waals surface area contributed by atoms with Crippen molar-refractivity contribution in [3.8, 4) is 0 Å². The molecule has 26 heavy (non-hydrogen) atoms. The predicted molar refractivity (Wildman–Crippen MR) is 108 cm³/mol. The number of nitrogens with one attached hydrogen (secondary N) is 2. The van der Waals surface area contributed by atoms with Crippen molar-refractivity contribution in [2.24, 2.45) is 0 Å². The first-order valence-electron chi connectivity index (χ1n) is 9.82. The summed E-state index contributed by atoms with van der Waals surface area (Å²) in [4.78, 5) is 2.68. The molecule has 0 amide bonds. The van der Waals surface area contributed by atoms with Gasteiger partial charge < -0.3 is 5.32 Å². The predicted octanol–water partition coefficient (Wildman–Crippen LogP) is 4.98. The van der Waals surface area contributed by atoms with Crippen LogP contribution in [0, 0.1) is 0 Å². The van der Waals surface area contributed by atoms with E-state index in [0.717, 1.165) is 17.4 Å². The zero-order valence-corrected chi connectivity index (χ0v) is 15.5. The van der Waals surface area contributed by atoms with Crippen molar-refractivity contribution in [1.29, 1.82) is 0 Å². The van der Waals surface area contributed by atoms with E-state index in [4.69, 9.17) is 0 Å². The van der Waals surface area contributed by atoms with Gasteiger partial charge >= 0.3 is 0 Å². The van der Waals surface area contributed by atoms with Crippen molar-refractivity contribution in [2.45, 2.75) is 44.7 Å². The first-order chi connectivity index (χ1) is 12.8. The van der Waals surface area contributed by atoms with Crippen molar-refractivity contribution < 1.29 is 0 Å². The fourth-order valence-corrected chi connectivity index (χ4v) is 4.18. The summed E-state index contributed by atoms with van der Waals surface area (Å²) in [7, 11) is 0. The lowest BCUT2D eigenvalue weighted by atomic mass is 9.96. The van der Waals surface area contributed by atoms with Crippen LogP contribution in [-0.4, -0.2) is 34.2 Å². The molecule has 0 saturated carbocycles. The number of piperidine rings is 1. The first kappa shape index (κ1) is 17.1. The van der Waals surface area contributed by atoms with Crippen molar-refractivity contribution in [2.75, 3.05) is 18.4 Å². The highest BCUT2D eigenvalue weighted by molar-refractivity contribution is 5.81. The molecule has 2 unspecified atom stereocenters. The van der Waals surface area contributed by atoms with Gasteiger partial charge in [0.05, 0.1) is 11.7 Å². The van der Waals surface area contributed by atoms with Crippen molar-refractivity contribution >= 4 is 16.6 Å². The third-order valence-corrected chi connectivity index (χ3v) is 5.45. The molecule has 0 bridgehead atoms. The Hall–Kier alpha value is -2.33. The van der Waals surface area contributed by atoms with Gasteiger partial charge in [0.2, 0.25) is 0 Å². The van der Waals surface area contributed by atoms with Crippen molar-refractivity contribution in [1.82, 2.24) is 15.1 Å². The average Bonchev–Trinajstić information content (AvgIpc) is 3.15. The SMILES string of the molecule is CCCC(c1ccccc1)N1CCCC(Nc2ccc3[nH]ncc3c2)C1. The van der Waals surface area contributed by atoms with E-state index in [1.54, 1.807) is 0 Å². The summed E-state index contributed by atoms with van der Waals surface area (Å²) >= 11 is 0. The van der Waals surface area contributed by atoms with Crippen LogP contribution in [0.2, 0.25) is 0 Å². The van der Waals surface area contributed by atoms with Crippen LogP contribution in [0.3, 0.4) is 0 Å². The molecule has 0 spiro atoms. The third kappa shape index (κ3) is 3.75. The van der Waals surface area contributed by atoms with Gasteiger partial charge in [-0.05, 0) is 49.6 Å². The molecular weight excluding hydrogens is 320 g/mol. The first-order valence-corrected chi connectivity index (χ1v) is 9.82. The van der Waals surface area contributed by atoms with E-state index in [1.165, 1.54) is 43.5 Å². The summed E-state index contributed by atoms with van der Waals surface area (Å²) in [5.41, 5.74) is 3.74. The largest absolute Gasteiger partial charge is 0.381 e. The molecule has 1 fully saturated rings. The van der Waals surface area contributed by atoms with Crippen LogP contribution >= 0.6 is 0 Å². The summed E-state index contributed by atoms with van der Waals surface area (Å²) in [6, 6.07) is 18.5. The number of H-pyrrole nitrogens is 1. The van der Waals surface area contributed by atoms with Gasteiger partial charge in [-0.3, -0.25) is 10.00 Å². The zero-order valence-electron chi connectivity index (χ0n) is 15.5. The Morgan fingerprint density at radius 3 is 2.96 bits per heavy atom. The molecule has 4 rings (SSSR count). The van der Waals surface area contributed by atoms with Gasteiger partial charge in [-0.2, -0.15) is 5.10 Å². The van der Waals surface area contributed by atoms with E-state index < -0.39 is 0 Å². The van der Waals surface area contributed by atoms with Gasteiger partial charge in [-0.25, -0.2) is 0 Å². The van der Waals surface area contributed by atoms with Crippen LogP contribution in [0.25, 0.3) is 10.9 Å². The molecule has 2 N–H and O–H groups in total. The molecule has 136 valence electrons. The third-order valence-electron chi connectivity index (χ3n) is 5.45. The number of aromatic amines is 1. The maximum absolute atomic E-state index is 4.12. The van der Waals surface area contributed by atoms with Crippen molar-refractivity contribution in [3.63, 3.8) is 0 Å². The average molecular weight is 348 g/mol. The Morgan fingerprint density at radius 1 is 1.23 bits per heavy atom. The van der Waals surface area contributed by atoms with Gasteiger partial charge in [-0.15, -0.1) is 0 Å². The lowest BCUT2D eigenvalue weighted by Crippen LogP contribution is -2.43. The molecule has 1 aromatic heterocycles. The maximum atomic E-state index is 4.12. The van der Waals surface area contributed by atoms with Crippen LogP contribution in [0.1, 0.15) is 44.2 Å². The Balaban J connectivity index is 1.47. The van der Waals surface area contributed by atoms with Crippen LogP contribution in [0.15, 0.2) is 54.7 Å². The molecule has 0 aliphatic carbocycles. The number of likely N-dealkylation sites (tertiary alicyclic amines) is 1. The lowest BCUT2D eigenvalue weighted by molar-refractivity contribution is 0.146. The number of anilines is 1. The minimum Gasteiger partial charge on any atom is -0.381 e. The number of hydrogen-bond acceptors (Lipinski definition) is 3. The van der Waals surface area contributed by atoms with Gasteiger partial charge in [-0.1, -0.05) is 43.7 Å². The molecule has 1 saturated heterocycles. The number of aromatic nitrogens is 2. The second kappa shape index (κ2) is 7.92. The number of rotatable bonds is 6. The van der Waals surface area contributed by atoms with Crippen molar-refractivity contribution in [3.05, 3.63) is 60.3 Å². The molecule has 0 radical (unpaired) electrons. The second-order valence-corrected chi connectivity index (χ2v) is 7.37. The molecule has 1 aliphatic heterocycles. The Labute approximate surface area is 155 Å². The number of fused-ring (bicyclic) bond motifs is 1.